The van der Waals surface area contributed by atoms with E-state index in [-0.39, 0.29) is 5.16 Å². The predicted molar refractivity (Wildman–Crippen MR) is 101 cm³/mol. The Kier molecular flexibility index (Phi) is 3.33. The molecule has 0 spiro atoms. The molecule has 0 amide bonds. The van der Waals surface area contributed by atoms with Crippen molar-refractivity contribution in [1.29, 1.82) is 0 Å². The average molecular weight is 336 g/mol. The van der Waals surface area contributed by atoms with Crippen molar-refractivity contribution in [3.63, 3.8) is 0 Å². The normalized spacial score (nSPS) is 34.4. The van der Waals surface area contributed by atoms with Crippen LogP contribution in [0.1, 0.15) is 38.5 Å². The van der Waals surface area contributed by atoms with Gasteiger partial charge >= 0.3 is 0 Å². The number of hydrogen-bond acceptors (Lipinski definition) is 1. The van der Waals surface area contributed by atoms with Gasteiger partial charge in [0.15, 0.2) is 0 Å². The molecule has 0 heterocycles. The Morgan fingerprint density at radius 3 is 1.42 bits per heavy atom. The lowest BCUT2D eigenvalue weighted by molar-refractivity contribution is 0.0340. The molecule has 24 heavy (non-hydrogen) atoms. The van der Waals surface area contributed by atoms with Crippen LogP contribution < -0.4 is 10.6 Å². The van der Waals surface area contributed by atoms with Crippen molar-refractivity contribution in [3.8, 4) is 0 Å². The number of rotatable bonds is 3. The molecule has 4 saturated carbocycles. The zero-order chi connectivity index (χ0) is 16.2. The van der Waals surface area contributed by atoms with Crippen LogP contribution in [-0.2, 0) is 4.57 Å². The predicted octanol–water partition coefficient (Wildman–Crippen LogP) is 4.97. The molecule has 124 valence electrons. The summed E-state index contributed by atoms with van der Waals surface area (Å²) in [7, 11) is -2.62. The van der Waals surface area contributed by atoms with Crippen LogP contribution >= 0.6 is 7.14 Å². The van der Waals surface area contributed by atoms with Crippen LogP contribution in [0.2, 0.25) is 0 Å². The summed E-state index contributed by atoms with van der Waals surface area (Å²) in [6.45, 7) is 0. The van der Waals surface area contributed by atoms with E-state index >= 15 is 0 Å². The van der Waals surface area contributed by atoms with Crippen molar-refractivity contribution >= 4 is 17.8 Å². The van der Waals surface area contributed by atoms with Gasteiger partial charge < -0.3 is 4.57 Å². The highest BCUT2D eigenvalue weighted by molar-refractivity contribution is 7.80. The first-order valence-electron chi connectivity index (χ1n) is 9.41. The highest BCUT2D eigenvalue weighted by Gasteiger charge is 2.59. The molecule has 0 atom stereocenters. The first kappa shape index (κ1) is 15.0. The van der Waals surface area contributed by atoms with Gasteiger partial charge in [0.2, 0.25) is 0 Å². The molecule has 4 aliphatic carbocycles. The Morgan fingerprint density at radius 1 is 0.667 bits per heavy atom. The Balaban J connectivity index is 1.72. The zero-order valence-corrected chi connectivity index (χ0v) is 15.0. The van der Waals surface area contributed by atoms with E-state index in [0.29, 0.717) is 0 Å². The molecule has 0 saturated heterocycles. The molecule has 0 aromatic heterocycles. The first-order valence-corrected chi connectivity index (χ1v) is 11.1. The van der Waals surface area contributed by atoms with Gasteiger partial charge in [-0.2, -0.15) is 0 Å². The molecule has 0 unspecified atom stereocenters. The summed E-state index contributed by atoms with van der Waals surface area (Å²) in [5, 5.41) is 2.18. The van der Waals surface area contributed by atoms with Crippen molar-refractivity contribution in [1.82, 2.24) is 0 Å². The first-order chi connectivity index (χ1) is 11.7. The lowest BCUT2D eigenvalue weighted by Gasteiger charge is -2.59. The maximum Gasteiger partial charge on any atom is 0.149 e. The van der Waals surface area contributed by atoms with Crippen molar-refractivity contribution in [2.75, 3.05) is 0 Å². The van der Waals surface area contributed by atoms with E-state index in [9.17, 15) is 4.57 Å². The number of hydrogen-bond donors (Lipinski definition) is 0. The molecule has 4 bridgehead atoms. The van der Waals surface area contributed by atoms with Gasteiger partial charge in [-0.25, -0.2) is 0 Å². The molecular formula is C22H25OP. The van der Waals surface area contributed by atoms with Gasteiger partial charge in [0.05, 0.1) is 0 Å². The van der Waals surface area contributed by atoms with Gasteiger partial charge in [0, 0.05) is 15.8 Å². The highest BCUT2D eigenvalue weighted by atomic mass is 31.2. The average Bonchev–Trinajstić information content (AvgIpc) is 2.61. The minimum absolute atomic E-state index is 0.0183. The van der Waals surface area contributed by atoms with Crippen LogP contribution in [-0.4, -0.2) is 5.16 Å². The summed E-state index contributed by atoms with van der Waals surface area (Å²) in [4.78, 5) is 0. The van der Waals surface area contributed by atoms with E-state index in [0.717, 1.165) is 28.4 Å². The Morgan fingerprint density at radius 2 is 1.04 bits per heavy atom. The summed E-state index contributed by atoms with van der Waals surface area (Å²) in [6, 6.07) is 20.8. The van der Waals surface area contributed by atoms with E-state index in [4.69, 9.17) is 0 Å². The molecule has 6 rings (SSSR count). The topological polar surface area (TPSA) is 17.1 Å². The zero-order valence-electron chi connectivity index (χ0n) is 14.1. The molecule has 1 nitrogen and oxygen atoms in total. The minimum atomic E-state index is -2.62. The highest BCUT2D eigenvalue weighted by Crippen LogP contribution is 2.71. The summed E-state index contributed by atoms with van der Waals surface area (Å²) in [5.74, 6) is 2.45. The van der Waals surface area contributed by atoms with Gasteiger partial charge in [-0.1, -0.05) is 60.7 Å². The fourth-order valence-corrected chi connectivity index (χ4v) is 10.5. The van der Waals surface area contributed by atoms with Gasteiger partial charge in [-0.3, -0.25) is 0 Å². The van der Waals surface area contributed by atoms with Gasteiger partial charge in [0.25, 0.3) is 0 Å². The van der Waals surface area contributed by atoms with Crippen LogP contribution in [0.15, 0.2) is 60.7 Å². The standard InChI is InChI=1S/C22H25OP/c23-24(20-7-3-1-4-8-20,21-9-5-2-6-10-21)22-14-17-11-18(15-22)13-19(12-17)16-22/h1-10,17-19H,11-16H2. The molecule has 0 radical (unpaired) electrons. The van der Waals surface area contributed by atoms with E-state index in [1.807, 2.05) is 12.1 Å². The van der Waals surface area contributed by atoms with Crippen LogP contribution in [0, 0.1) is 17.8 Å². The second-order valence-corrected chi connectivity index (χ2v) is 11.6. The molecule has 0 N–H and O–H groups in total. The summed E-state index contributed by atoms with van der Waals surface area (Å²) in [6.07, 6.45) is 7.72. The molecular weight excluding hydrogens is 311 g/mol. The SMILES string of the molecule is O=P(c1ccccc1)(c1ccccc1)C12CC3CC(CC(C3)C1)C2. The number of benzene rings is 2. The molecule has 4 aliphatic rings. The molecule has 4 fully saturated rings. The van der Waals surface area contributed by atoms with Gasteiger partial charge in [0.1, 0.15) is 7.14 Å². The van der Waals surface area contributed by atoms with Crippen molar-refractivity contribution in [3.05, 3.63) is 60.7 Å². The summed E-state index contributed by atoms with van der Waals surface area (Å²) < 4.78 is 14.9. The molecule has 2 aromatic rings. The third kappa shape index (κ3) is 2.04. The lowest BCUT2D eigenvalue weighted by Crippen LogP contribution is -2.53. The van der Waals surface area contributed by atoms with E-state index < -0.39 is 7.14 Å². The molecule has 2 aromatic carbocycles. The smallest absolute Gasteiger partial charge is 0.149 e. The van der Waals surface area contributed by atoms with Gasteiger partial charge in [-0.15, -0.1) is 0 Å². The maximum absolute atomic E-state index is 14.9. The Labute approximate surface area is 144 Å². The monoisotopic (exact) mass is 336 g/mol. The molecule has 0 aliphatic heterocycles. The third-order valence-electron chi connectivity index (χ3n) is 6.91. The van der Waals surface area contributed by atoms with Crippen molar-refractivity contribution < 1.29 is 4.57 Å². The van der Waals surface area contributed by atoms with Crippen LogP contribution in [0.25, 0.3) is 0 Å². The maximum atomic E-state index is 14.9. The lowest BCUT2D eigenvalue weighted by atomic mass is 9.56. The van der Waals surface area contributed by atoms with Crippen molar-refractivity contribution in [2.45, 2.75) is 43.7 Å². The van der Waals surface area contributed by atoms with Crippen molar-refractivity contribution in [2.24, 2.45) is 17.8 Å². The largest absolute Gasteiger partial charge is 0.313 e. The quantitative estimate of drug-likeness (QED) is 0.723. The van der Waals surface area contributed by atoms with Gasteiger partial charge in [-0.05, 0) is 56.3 Å². The second-order valence-electron chi connectivity index (χ2n) is 8.42. The summed E-state index contributed by atoms with van der Waals surface area (Å²) >= 11 is 0. The fraction of sp³-hybridized carbons (Fsp3) is 0.455. The second kappa shape index (κ2) is 5.33. The summed E-state index contributed by atoms with van der Waals surface area (Å²) in [5.41, 5.74) is 0. The van der Waals surface area contributed by atoms with Crippen LogP contribution in [0.4, 0.5) is 0 Å². The Bertz CT molecular complexity index is 701. The molecule has 2 heteroatoms. The minimum Gasteiger partial charge on any atom is -0.313 e. The van der Waals surface area contributed by atoms with Crippen LogP contribution in [0.5, 0.6) is 0 Å². The Hall–Kier alpha value is -1.33. The fourth-order valence-electron chi connectivity index (χ4n) is 6.42. The third-order valence-corrected chi connectivity index (χ3v) is 10.8. The van der Waals surface area contributed by atoms with Crippen LogP contribution in [0.3, 0.4) is 0 Å². The van der Waals surface area contributed by atoms with E-state index in [2.05, 4.69) is 48.5 Å². The van der Waals surface area contributed by atoms with E-state index in [1.165, 1.54) is 38.5 Å². The van der Waals surface area contributed by atoms with E-state index in [1.54, 1.807) is 0 Å².